The van der Waals surface area contributed by atoms with Crippen LogP contribution in [-0.4, -0.2) is 5.97 Å². The van der Waals surface area contributed by atoms with Crippen LogP contribution in [0.2, 0.25) is 0 Å². The third-order valence-electron chi connectivity index (χ3n) is 2.20. The van der Waals surface area contributed by atoms with Gasteiger partial charge in [-0.1, -0.05) is 12.1 Å². The van der Waals surface area contributed by atoms with E-state index < -0.39 is 0 Å². The van der Waals surface area contributed by atoms with E-state index in [4.69, 9.17) is 4.74 Å². The SMILES string of the molecule is Cc1ccc2c(c1)OC(=O)C2C. The first-order valence-corrected chi connectivity index (χ1v) is 4.01. The molecule has 2 nitrogen and oxygen atoms in total. The summed E-state index contributed by atoms with van der Waals surface area (Å²) in [7, 11) is 0. The van der Waals surface area contributed by atoms with Crippen molar-refractivity contribution in [3.05, 3.63) is 29.3 Å². The Morgan fingerprint density at radius 2 is 2.17 bits per heavy atom. The zero-order valence-electron chi connectivity index (χ0n) is 7.13. The highest BCUT2D eigenvalue weighted by molar-refractivity contribution is 5.85. The van der Waals surface area contributed by atoms with Crippen LogP contribution >= 0.6 is 0 Å². The molecule has 12 heavy (non-hydrogen) atoms. The Morgan fingerprint density at radius 1 is 1.42 bits per heavy atom. The van der Waals surface area contributed by atoms with E-state index in [1.54, 1.807) is 0 Å². The lowest BCUT2D eigenvalue weighted by atomic mass is 10.0. The van der Waals surface area contributed by atoms with Crippen molar-refractivity contribution >= 4 is 5.97 Å². The van der Waals surface area contributed by atoms with Gasteiger partial charge < -0.3 is 4.74 Å². The molecule has 0 amide bonds. The second kappa shape index (κ2) is 2.34. The third-order valence-corrected chi connectivity index (χ3v) is 2.20. The number of carbonyl (C=O) groups excluding carboxylic acids is 1. The fourth-order valence-corrected chi connectivity index (χ4v) is 1.41. The highest BCUT2D eigenvalue weighted by Crippen LogP contribution is 2.34. The van der Waals surface area contributed by atoms with Crippen molar-refractivity contribution in [3.8, 4) is 5.75 Å². The Kier molecular flexibility index (Phi) is 1.43. The van der Waals surface area contributed by atoms with Crippen molar-refractivity contribution in [2.45, 2.75) is 19.8 Å². The number of hydrogen-bond acceptors (Lipinski definition) is 2. The van der Waals surface area contributed by atoms with E-state index in [1.165, 1.54) is 0 Å². The van der Waals surface area contributed by atoms with Gasteiger partial charge in [-0.25, -0.2) is 0 Å². The fraction of sp³-hybridized carbons (Fsp3) is 0.300. The summed E-state index contributed by atoms with van der Waals surface area (Å²) >= 11 is 0. The summed E-state index contributed by atoms with van der Waals surface area (Å²) in [6, 6.07) is 5.86. The van der Waals surface area contributed by atoms with Crippen LogP contribution in [0.25, 0.3) is 0 Å². The molecular formula is C10H10O2. The van der Waals surface area contributed by atoms with Gasteiger partial charge in [0, 0.05) is 5.56 Å². The summed E-state index contributed by atoms with van der Waals surface area (Å²) < 4.78 is 5.06. The molecule has 1 aliphatic heterocycles. The number of aryl methyl sites for hydroxylation is 1. The first-order chi connectivity index (χ1) is 5.68. The van der Waals surface area contributed by atoms with Crippen LogP contribution in [0, 0.1) is 6.92 Å². The maximum absolute atomic E-state index is 11.1. The molecule has 0 spiro atoms. The highest BCUT2D eigenvalue weighted by atomic mass is 16.5. The summed E-state index contributed by atoms with van der Waals surface area (Å²) in [5, 5.41) is 0. The largest absolute Gasteiger partial charge is 0.426 e. The molecule has 0 saturated heterocycles. The van der Waals surface area contributed by atoms with Crippen molar-refractivity contribution in [2.75, 3.05) is 0 Å². The monoisotopic (exact) mass is 162 g/mol. The Bertz CT molecular complexity index is 342. The predicted molar refractivity (Wildman–Crippen MR) is 45.2 cm³/mol. The molecule has 0 fully saturated rings. The molecule has 1 unspecified atom stereocenters. The number of esters is 1. The molecule has 1 heterocycles. The van der Waals surface area contributed by atoms with E-state index in [1.807, 2.05) is 32.0 Å². The van der Waals surface area contributed by atoms with Crippen LogP contribution in [0.1, 0.15) is 24.0 Å². The van der Waals surface area contributed by atoms with E-state index >= 15 is 0 Å². The second-order valence-electron chi connectivity index (χ2n) is 3.18. The average Bonchev–Trinajstić information content (AvgIpc) is 2.28. The summed E-state index contributed by atoms with van der Waals surface area (Å²) in [6.07, 6.45) is 0. The van der Waals surface area contributed by atoms with E-state index in [2.05, 4.69) is 0 Å². The van der Waals surface area contributed by atoms with Crippen LogP contribution < -0.4 is 4.74 Å². The highest BCUT2D eigenvalue weighted by Gasteiger charge is 2.28. The number of hydrogen-bond donors (Lipinski definition) is 0. The zero-order valence-corrected chi connectivity index (χ0v) is 7.13. The van der Waals surface area contributed by atoms with Crippen molar-refractivity contribution in [1.82, 2.24) is 0 Å². The van der Waals surface area contributed by atoms with Crippen molar-refractivity contribution in [3.63, 3.8) is 0 Å². The Balaban J connectivity index is 2.54. The summed E-state index contributed by atoms with van der Waals surface area (Å²) in [5.41, 5.74) is 2.13. The molecule has 0 N–H and O–H groups in total. The first-order valence-electron chi connectivity index (χ1n) is 4.01. The standard InChI is InChI=1S/C10H10O2/c1-6-3-4-8-7(2)10(11)12-9(8)5-6/h3-5,7H,1-2H3. The van der Waals surface area contributed by atoms with Crippen LogP contribution in [0.3, 0.4) is 0 Å². The number of carbonyl (C=O) groups is 1. The number of ether oxygens (including phenoxy) is 1. The van der Waals surface area contributed by atoms with Crippen LogP contribution in [0.4, 0.5) is 0 Å². The maximum Gasteiger partial charge on any atom is 0.318 e. The van der Waals surface area contributed by atoms with Gasteiger partial charge in [-0.15, -0.1) is 0 Å². The predicted octanol–water partition coefficient (Wildman–Crippen LogP) is 2.02. The zero-order chi connectivity index (χ0) is 8.72. The van der Waals surface area contributed by atoms with E-state index in [9.17, 15) is 4.79 Å². The Labute approximate surface area is 71.2 Å². The number of rotatable bonds is 0. The molecule has 2 rings (SSSR count). The smallest absolute Gasteiger partial charge is 0.318 e. The molecule has 1 aliphatic rings. The van der Waals surface area contributed by atoms with Crippen LogP contribution in [0.5, 0.6) is 5.75 Å². The molecule has 2 heteroatoms. The normalized spacial score (nSPS) is 20.5. The molecular weight excluding hydrogens is 152 g/mol. The van der Waals surface area contributed by atoms with E-state index in [0.717, 1.165) is 16.9 Å². The summed E-state index contributed by atoms with van der Waals surface area (Å²) in [6.45, 7) is 3.85. The molecule has 0 aliphatic carbocycles. The minimum atomic E-state index is -0.143. The van der Waals surface area contributed by atoms with Gasteiger partial charge in [0.25, 0.3) is 0 Å². The van der Waals surface area contributed by atoms with Crippen LogP contribution in [0.15, 0.2) is 18.2 Å². The van der Waals surface area contributed by atoms with Crippen molar-refractivity contribution < 1.29 is 9.53 Å². The summed E-state index contributed by atoms with van der Waals surface area (Å²) in [5.74, 6) is 0.490. The molecule has 0 aromatic heterocycles. The van der Waals surface area contributed by atoms with Gasteiger partial charge in [0.05, 0.1) is 5.92 Å². The maximum atomic E-state index is 11.1. The fourth-order valence-electron chi connectivity index (χ4n) is 1.41. The quantitative estimate of drug-likeness (QED) is 0.431. The van der Waals surface area contributed by atoms with Crippen LogP contribution in [-0.2, 0) is 4.79 Å². The Hall–Kier alpha value is -1.31. The van der Waals surface area contributed by atoms with E-state index in [-0.39, 0.29) is 11.9 Å². The average molecular weight is 162 g/mol. The number of benzene rings is 1. The molecule has 0 saturated carbocycles. The number of fused-ring (bicyclic) bond motifs is 1. The second-order valence-corrected chi connectivity index (χ2v) is 3.18. The van der Waals surface area contributed by atoms with Crippen molar-refractivity contribution in [2.24, 2.45) is 0 Å². The lowest BCUT2D eigenvalue weighted by molar-refractivity contribution is -0.133. The van der Waals surface area contributed by atoms with Crippen molar-refractivity contribution in [1.29, 1.82) is 0 Å². The van der Waals surface area contributed by atoms with Gasteiger partial charge in [0.1, 0.15) is 5.75 Å². The van der Waals surface area contributed by atoms with Gasteiger partial charge in [-0.05, 0) is 25.5 Å². The van der Waals surface area contributed by atoms with Gasteiger partial charge >= 0.3 is 5.97 Å². The van der Waals surface area contributed by atoms with Gasteiger partial charge in [0.2, 0.25) is 0 Å². The molecule has 1 aromatic carbocycles. The van der Waals surface area contributed by atoms with Gasteiger partial charge in [0.15, 0.2) is 0 Å². The Morgan fingerprint density at radius 3 is 2.92 bits per heavy atom. The lowest BCUT2D eigenvalue weighted by Gasteiger charge is -1.98. The molecule has 1 aromatic rings. The first kappa shape index (κ1) is 7.35. The topological polar surface area (TPSA) is 26.3 Å². The minimum Gasteiger partial charge on any atom is -0.426 e. The molecule has 0 bridgehead atoms. The molecule has 62 valence electrons. The van der Waals surface area contributed by atoms with Gasteiger partial charge in [-0.3, -0.25) is 4.79 Å². The van der Waals surface area contributed by atoms with Gasteiger partial charge in [-0.2, -0.15) is 0 Å². The lowest BCUT2D eigenvalue weighted by Crippen LogP contribution is -2.05. The minimum absolute atomic E-state index is 0.0967. The molecule has 0 radical (unpaired) electrons. The molecule has 1 atom stereocenters. The third kappa shape index (κ3) is 0.916. The van der Waals surface area contributed by atoms with E-state index in [0.29, 0.717) is 0 Å². The summed E-state index contributed by atoms with van der Waals surface area (Å²) in [4.78, 5) is 11.1.